The average Bonchev–Trinajstić information content (AvgIpc) is 2.53. The molecule has 0 bridgehead atoms. The molecule has 1 heterocycles. The second kappa shape index (κ2) is 8.38. The molecule has 1 aromatic carbocycles. The first-order valence-electron chi connectivity index (χ1n) is 6.67. The molecule has 0 aliphatic carbocycles. The van der Waals surface area contributed by atoms with Gasteiger partial charge in [-0.3, -0.25) is 0 Å². The summed E-state index contributed by atoms with van der Waals surface area (Å²) in [5, 5.41) is 3.19. The van der Waals surface area contributed by atoms with E-state index in [0.29, 0.717) is 18.0 Å². The first-order valence-corrected chi connectivity index (χ1v) is 8.15. The van der Waals surface area contributed by atoms with Gasteiger partial charge >= 0.3 is 0 Å². The van der Waals surface area contributed by atoms with Gasteiger partial charge in [-0.2, -0.15) is 0 Å². The van der Waals surface area contributed by atoms with Crippen LogP contribution in [-0.2, 0) is 10.0 Å². The highest BCUT2D eigenvalue weighted by Crippen LogP contribution is 2.29. The lowest BCUT2D eigenvalue weighted by atomic mass is 10.1. The minimum Gasteiger partial charge on any atom is -0.493 e. The van der Waals surface area contributed by atoms with E-state index < -0.39 is 10.0 Å². The van der Waals surface area contributed by atoms with Gasteiger partial charge in [-0.25, -0.2) is 13.1 Å². The highest BCUT2D eigenvalue weighted by Gasteiger charge is 2.17. The number of sulfonamides is 1. The molecule has 22 heavy (non-hydrogen) atoms. The molecule has 0 aromatic heterocycles. The molecule has 0 radical (unpaired) electrons. The third-order valence-electron chi connectivity index (χ3n) is 3.31. The zero-order chi connectivity index (χ0) is 15.3. The Hall–Kier alpha value is -1.28. The van der Waals surface area contributed by atoms with Crippen molar-refractivity contribution in [3.8, 4) is 11.5 Å². The minimum atomic E-state index is -3.56. The molecule has 0 saturated carbocycles. The summed E-state index contributed by atoms with van der Waals surface area (Å²) in [6, 6.07) is 4.54. The van der Waals surface area contributed by atoms with Crippen LogP contribution in [0.1, 0.15) is 6.42 Å². The van der Waals surface area contributed by atoms with Crippen molar-refractivity contribution in [1.82, 2.24) is 10.0 Å². The lowest BCUT2D eigenvalue weighted by Crippen LogP contribution is -2.29. The summed E-state index contributed by atoms with van der Waals surface area (Å²) in [5.74, 6) is 0.888. The van der Waals surface area contributed by atoms with Gasteiger partial charge in [-0.15, -0.1) is 12.4 Å². The Kier molecular flexibility index (Phi) is 7.15. The van der Waals surface area contributed by atoms with Crippen molar-refractivity contribution in [2.75, 3.05) is 33.9 Å². The zero-order valence-electron chi connectivity index (χ0n) is 12.6. The fraction of sp³-hybridized carbons (Fsp3) is 0.429. The Morgan fingerprint density at radius 1 is 1.23 bits per heavy atom. The molecule has 2 rings (SSSR count). The van der Waals surface area contributed by atoms with E-state index in [1.54, 1.807) is 6.07 Å². The molecule has 0 saturated heterocycles. The monoisotopic (exact) mass is 348 g/mol. The summed E-state index contributed by atoms with van der Waals surface area (Å²) >= 11 is 0. The van der Waals surface area contributed by atoms with E-state index in [4.69, 9.17) is 9.47 Å². The highest BCUT2D eigenvalue weighted by atomic mass is 35.5. The molecular weight excluding hydrogens is 328 g/mol. The maximum Gasteiger partial charge on any atom is 0.240 e. The van der Waals surface area contributed by atoms with Crippen molar-refractivity contribution in [3.05, 3.63) is 29.8 Å². The average molecular weight is 349 g/mol. The van der Waals surface area contributed by atoms with Gasteiger partial charge < -0.3 is 14.8 Å². The summed E-state index contributed by atoms with van der Waals surface area (Å²) in [4.78, 5) is 0.162. The molecule has 2 N–H and O–H groups in total. The van der Waals surface area contributed by atoms with E-state index in [1.807, 2.05) is 6.08 Å². The number of hydrogen-bond donors (Lipinski definition) is 2. The van der Waals surface area contributed by atoms with Crippen LogP contribution in [0.5, 0.6) is 11.5 Å². The predicted octanol–water partition coefficient (Wildman–Crippen LogP) is 1.32. The van der Waals surface area contributed by atoms with Crippen molar-refractivity contribution in [2.24, 2.45) is 0 Å². The number of ether oxygens (including phenoxy) is 2. The molecule has 1 aliphatic heterocycles. The molecule has 0 unspecified atom stereocenters. The van der Waals surface area contributed by atoms with E-state index in [2.05, 4.69) is 10.0 Å². The molecule has 124 valence electrons. The first kappa shape index (κ1) is 18.8. The molecule has 0 spiro atoms. The van der Waals surface area contributed by atoms with Crippen LogP contribution in [0.25, 0.3) is 0 Å². The highest BCUT2D eigenvalue weighted by molar-refractivity contribution is 7.89. The molecular formula is C14H21ClN2O4S. The quantitative estimate of drug-likeness (QED) is 0.758. The van der Waals surface area contributed by atoms with Crippen LogP contribution in [0.4, 0.5) is 0 Å². The van der Waals surface area contributed by atoms with Crippen molar-refractivity contribution in [1.29, 1.82) is 0 Å². The topological polar surface area (TPSA) is 76.7 Å². The Morgan fingerprint density at radius 3 is 2.55 bits per heavy atom. The van der Waals surface area contributed by atoms with Crippen LogP contribution in [0.3, 0.4) is 0 Å². The fourth-order valence-corrected chi connectivity index (χ4v) is 3.14. The number of hydrogen-bond acceptors (Lipinski definition) is 5. The largest absolute Gasteiger partial charge is 0.493 e. The van der Waals surface area contributed by atoms with Gasteiger partial charge in [0.15, 0.2) is 11.5 Å². The van der Waals surface area contributed by atoms with Gasteiger partial charge in [0.05, 0.1) is 19.1 Å². The van der Waals surface area contributed by atoms with Crippen LogP contribution in [0.2, 0.25) is 0 Å². The summed E-state index contributed by atoms with van der Waals surface area (Å²) < 4.78 is 37.4. The van der Waals surface area contributed by atoms with Gasteiger partial charge in [0.2, 0.25) is 10.0 Å². The van der Waals surface area contributed by atoms with Crippen LogP contribution < -0.4 is 19.5 Å². The van der Waals surface area contributed by atoms with E-state index in [0.717, 1.165) is 25.1 Å². The van der Waals surface area contributed by atoms with Gasteiger partial charge in [0.25, 0.3) is 0 Å². The maximum atomic E-state index is 12.3. The lowest BCUT2D eigenvalue weighted by Gasteiger charge is -2.15. The molecule has 0 amide bonds. The van der Waals surface area contributed by atoms with Gasteiger partial charge in [0.1, 0.15) is 0 Å². The molecule has 8 heteroatoms. The van der Waals surface area contributed by atoms with E-state index >= 15 is 0 Å². The molecule has 6 nitrogen and oxygen atoms in total. The number of nitrogens with one attached hydrogen (secondary N) is 2. The second-order valence-electron chi connectivity index (χ2n) is 4.66. The normalized spacial score (nSPS) is 14.7. The third-order valence-corrected chi connectivity index (χ3v) is 4.71. The summed E-state index contributed by atoms with van der Waals surface area (Å²) in [7, 11) is -0.582. The van der Waals surface area contributed by atoms with Crippen LogP contribution in [0.15, 0.2) is 34.7 Å². The van der Waals surface area contributed by atoms with Gasteiger partial charge in [-0.05, 0) is 25.1 Å². The standard InChI is InChI=1S/C14H20N2O4S.ClH/c1-19-13-4-3-12(9-14(13)20-2)21(17,18)16-10-11-5-7-15-8-6-11;/h3-5,9,15-16H,6-8,10H2,1-2H3;1H. The molecule has 1 aromatic rings. The predicted molar refractivity (Wildman–Crippen MR) is 87.6 cm³/mol. The Bertz CT molecular complexity index is 632. The van der Waals surface area contributed by atoms with Gasteiger partial charge in [-0.1, -0.05) is 11.6 Å². The summed E-state index contributed by atoms with van der Waals surface area (Å²) in [5.41, 5.74) is 1.10. The molecule has 0 fully saturated rings. The number of rotatable bonds is 6. The zero-order valence-corrected chi connectivity index (χ0v) is 14.2. The number of halogens is 1. The molecule has 1 aliphatic rings. The fourth-order valence-electron chi connectivity index (χ4n) is 2.08. The van der Waals surface area contributed by atoms with E-state index in [1.165, 1.54) is 26.4 Å². The summed E-state index contributed by atoms with van der Waals surface area (Å²) in [6.45, 7) is 2.00. The second-order valence-corrected chi connectivity index (χ2v) is 6.42. The van der Waals surface area contributed by atoms with E-state index in [9.17, 15) is 8.42 Å². The van der Waals surface area contributed by atoms with Crippen molar-refractivity contribution < 1.29 is 17.9 Å². The minimum absolute atomic E-state index is 0. The number of methoxy groups -OCH3 is 2. The Balaban J connectivity index is 0.00000242. The van der Waals surface area contributed by atoms with Crippen LogP contribution >= 0.6 is 12.4 Å². The Morgan fingerprint density at radius 2 is 1.95 bits per heavy atom. The SMILES string of the molecule is COc1ccc(S(=O)(=O)NCC2=CCNCC2)cc1OC.Cl. The maximum absolute atomic E-state index is 12.3. The van der Waals surface area contributed by atoms with Crippen molar-refractivity contribution >= 4 is 22.4 Å². The van der Waals surface area contributed by atoms with E-state index in [-0.39, 0.29) is 17.3 Å². The lowest BCUT2D eigenvalue weighted by molar-refractivity contribution is 0.354. The van der Waals surface area contributed by atoms with Crippen molar-refractivity contribution in [3.63, 3.8) is 0 Å². The van der Waals surface area contributed by atoms with Crippen LogP contribution in [0, 0.1) is 0 Å². The Labute approximate surface area is 137 Å². The summed E-state index contributed by atoms with van der Waals surface area (Å²) in [6.07, 6.45) is 2.87. The first-order chi connectivity index (χ1) is 10.1. The third kappa shape index (κ3) is 4.61. The smallest absolute Gasteiger partial charge is 0.240 e. The van der Waals surface area contributed by atoms with Crippen molar-refractivity contribution in [2.45, 2.75) is 11.3 Å². The van der Waals surface area contributed by atoms with Crippen LogP contribution in [-0.4, -0.2) is 42.3 Å². The van der Waals surface area contributed by atoms with Gasteiger partial charge in [0, 0.05) is 19.2 Å². The number of benzene rings is 1. The molecule has 0 atom stereocenters.